The lowest BCUT2D eigenvalue weighted by molar-refractivity contribution is -0.142. The van der Waals surface area contributed by atoms with E-state index in [4.69, 9.17) is 4.74 Å². The second-order valence-electron chi connectivity index (χ2n) is 8.18. The number of hydrogen-bond acceptors (Lipinski definition) is 4. The summed E-state index contributed by atoms with van der Waals surface area (Å²) in [5, 5.41) is 14.6. The first-order valence-electron chi connectivity index (χ1n) is 10.6. The third-order valence-electron chi connectivity index (χ3n) is 6.23. The Balaban J connectivity index is 1.33. The van der Waals surface area contributed by atoms with Crippen molar-refractivity contribution < 1.29 is 24.2 Å². The minimum atomic E-state index is -0.903. The van der Waals surface area contributed by atoms with Gasteiger partial charge in [0.15, 0.2) is 0 Å². The molecule has 1 saturated carbocycles. The van der Waals surface area contributed by atoms with E-state index < -0.39 is 36.0 Å². The molecular weight excluding hydrogens is 396 g/mol. The number of nitrogens with one attached hydrogen (secondary N) is 2. The fourth-order valence-corrected chi connectivity index (χ4v) is 4.62. The quantitative estimate of drug-likeness (QED) is 0.663. The summed E-state index contributed by atoms with van der Waals surface area (Å²) in [6.45, 7) is 1.72. The number of ether oxygens (including phenoxy) is 1. The highest BCUT2D eigenvalue weighted by Gasteiger charge is 2.35. The number of hydrogen-bond donors (Lipinski definition) is 3. The molecule has 0 aromatic heterocycles. The van der Waals surface area contributed by atoms with E-state index in [1.165, 1.54) is 0 Å². The van der Waals surface area contributed by atoms with Gasteiger partial charge in [-0.3, -0.25) is 9.59 Å². The van der Waals surface area contributed by atoms with Crippen LogP contribution in [0, 0.1) is 5.92 Å². The fraction of sp³-hybridized carbons (Fsp3) is 0.375. The highest BCUT2D eigenvalue weighted by molar-refractivity contribution is 5.86. The highest BCUT2D eigenvalue weighted by atomic mass is 16.5. The van der Waals surface area contributed by atoms with Crippen molar-refractivity contribution in [3.8, 4) is 11.1 Å². The predicted octanol–water partition coefficient (Wildman–Crippen LogP) is 3.28. The molecule has 3 unspecified atom stereocenters. The molecule has 2 amide bonds. The number of carboxylic acid groups (broad SMARTS) is 1. The van der Waals surface area contributed by atoms with Crippen LogP contribution in [0.2, 0.25) is 0 Å². The summed E-state index contributed by atoms with van der Waals surface area (Å²) in [4.78, 5) is 36.0. The number of carbonyl (C=O) groups excluding carboxylic acids is 2. The smallest absolute Gasteiger partial charge is 0.407 e. The number of aliphatic carboxylic acids is 1. The van der Waals surface area contributed by atoms with E-state index in [0.717, 1.165) is 28.7 Å². The summed E-state index contributed by atoms with van der Waals surface area (Å²) in [7, 11) is 0. The normalized spacial score (nSPS) is 20.4. The zero-order valence-corrected chi connectivity index (χ0v) is 17.3. The molecule has 2 aromatic carbocycles. The third-order valence-corrected chi connectivity index (χ3v) is 6.23. The van der Waals surface area contributed by atoms with Gasteiger partial charge < -0.3 is 20.5 Å². The van der Waals surface area contributed by atoms with E-state index in [2.05, 4.69) is 22.8 Å². The van der Waals surface area contributed by atoms with E-state index in [-0.39, 0.29) is 12.5 Å². The van der Waals surface area contributed by atoms with Crippen molar-refractivity contribution in [2.24, 2.45) is 5.92 Å². The summed E-state index contributed by atoms with van der Waals surface area (Å²) in [6, 6.07) is 14.9. The third kappa shape index (κ3) is 4.26. The molecule has 7 nitrogen and oxygen atoms in total. The summed E-state index contributed by atoms with van der Waals surface area (Å²) in [5.41, 5.74) is 4.51. The van der Waals surface area contributed by atoms with Crippen molar-refractivity contribution in [3.63, 3.8) is 0 Å². The van der Waals surface area contributed by atoms with Gasteiger partial charge in [-0.2, -0.15) is 0 Å². The van der Waals surface area contributed by atoms with Crippen LogP contribution in [0.3, 0.4) is 0 Å². The van der Waals surface area contributed by atoms with Crippen LogP contribution in [-0.4, -0.2) is 41.8 Å². The van der Waals surface area contributed by atoms with E-state index in [1.54, 1.807) is 6.92 Å². The minimum absolute atomic E-state index is 0.0582. The molecule has 0 spiro atoms. The largest absolute Gasteiger partial charge is 0.481 e. The Morgan fingerprint density at radius 2 is 1.65 bits per heavy atom. The second kappa shape index (κ2) is 8.79. The van der Waals surface area contributed by atoms with E-state index >= 15 is 0 Å². The molecular formula is C24H26N2O5. The Morgan fingerprint density at radius 3 is 2.26 bits per heavy atom. The number of carboxylic acids is 1. The first kappa shape index (κ1) is 20.9. The molecule has 0 radical (unpaired) electrons. The van der Waals surface area contributed by atoms with Gasteiger partial charge in [0.25, 0.3) is 0 Å². The average Bonchev–Trinajstić information content (AvgIpc) is 3.35. The average molecular weight is 422 g/mol. The lowest BCUT2D eigenvalue weighted by Crippen LogP contribution is -2.50. The molecule has 3 atom stereocenters. The second-order valence-corrected chi connectivity index (χ2v) is 8.18. The Morgan fingerprint density at radius 1 is 1.03 bits per heavy atom. The van der Waals surface area contributed by atoms with Crippen molar-refractivity contribution in [2.45, 2.75) is 44.2 Å². The van der Waals surface area contributed by atoms with Gasteiger partial charge in [-0.1, -0.05) is 55.0 Å². The number of carbonyl (C=O) groups is 3. The maximum Gasteiger partial charge on any atom is 0.407 e. The molecule has 3 N–H and O–H groups in total. The van der Waals surface area contributed by atoms with Crippen molar-refractivity contribution >= 4 is 18.0 Å². The number of alkyl carbamates (subject to hydrolysis) is 1. The van der Waals surface area contributed by atoms with E-state index in [1.807, 2.05) is 36.4 Å². The molecule has 1 fully saturated rings. The summed E-state index contributed by atoms with van der Waals surface area (Å²) >= 11 is 0. The molecule has 2 aromatic rings. The number of fused-ring (bicyclic) bond motifs is 3. The van der Waals surface area contributed by atoms with Gasteiger partial charge in [0, 0.05) is 12.0 Å². The van der Waals surface area contributed by atoms with Crippen LogP contribution in [0.4, 0.5) is 4.79 Å². The predicted molar refractivity (Wildman–Crippen MR) is 115 cm³/mol. The lowest BCUT2D eigenvalue weighted by atomic mass is 9.98. The van der Waals surface area contributed by atoms with Crippen molar-refractivity contribution in [2.75, 3.05) is 6.61 Å². The van der Waals surface area contributed by atoms with Gasteiger partial charge in [-0.05, 0) is 42.0 Å². The first-order valence-corrected chi connectivity index (χ1v) is 10.6. The number of rotatable bonds is 6. The Bertz CT molecular complexity index is 959. The topological polar surface area (TPSA) is 105 Å². The summed E-state index contributed by atoms with van der Waals surface area (Å²) in [6.07, 6.45) is 1.26. The molecule has 31 heavy (non-hydrogen) atoms. The van der Waals surface area contributed by atoms with Crippen LogP contribution in [0.5, 0.6) is 0 Å². The molecule has 0 saturated heterocycles. The molecule has 162 valence electrons. The lowest BCUT2D eigenvalue weighted by Gasteiger charge is -2.21. The molecule has 2 aliphatic carbocycles. The van der Waals surface area contributed by atoms with Crippen LogP contribution in [0.25, 0.3) is 11.1 Å². The van der Waals surface area contributed by atoms with Gasteiger partial charge in [-0.15, -0.1) is 0 Å². The number of benzene rings is 2. The molecule has 0 heterocycles. The van der Waals surface area contributed by atoms with Crippen LogP contribution in [-0.2, 0) is 14.3 Å². The SMILES string of the molecule is CC(NC(=O)OCC1c2ccccc2-c2ccccc21)C(=O)NC1CCCC1C(=O)O. The van der Waals surface area contributed by atoms with Gasteiger partial charge in [0.1, 0.15) is 12.6 Å². The Labute approximate surface area is 180 Å². The van der Waals surface area contributed by atoms with Crippen LogP contribution < -0.4 is 10.6 Å². The first-order chi connectivity index (χ1) is 15.0. The van der Waals surface area contributed by atoms with Crippen LogP contribution in [0.1, 0.15) is 43.2 Å². The van der Waals surface area contributed by atoms with Gasteiger partial charge in [-0.25, -0.2) is 4.79 Å². The standard InChI is InChI=1S/C24H26N2O5/c1-14(22(27)26-21-12-6-11-19(21)23(28)29)25-24(30)31-13-20-17-9-4-2-7-15(17)16-8-3-5-10-18(16)20/h2-5,7-10,14,19-21H,6,11-13H2,1H3,(H,25,30)(H,26,27)(H,28,29). The molecule has 0 bridgehead atoms. The zero-order valence-electron chi connectivity index (χ0n) is 17.3. The van der Waals surface area contributed by atoms with Gasteiger partial charge >= 0.3 is 12.1 Å². The molecule has 2 aliphatic rings. The summed E-state index contributed by atoms with van der Waals surface area (Å²) in [5.74, 6) is -1.95. The zero-order chi connectivity index (χ0) is 22.0. The molecule has 4 rings (SSSR count). The van der Waals surface area contributed by atoms with Crippen molar-refractivity contribution in [1.29, 1.82) is 0 Å². The van der Waals surface area contributed by atoms with Gasteiger partial charge in [0.05, 0.1) is 5.92 Å². The maximum atomic E-state index is 12.4. The summed E-state index contributed by atoms with van der Waals surface area (Å²) < 4.78 is 5.47. The maximum absolute atomic E-state index is 12.4. The van der Waals surface area contributed by atoms with Crippen LogP contribution >= 0.6 is 0 Å². The Hall–Kier alpha value is -3.35. The minimum Gasteiger partial charge on any atom is -0.481 e. The van der Waals surface area contributed by atoms with Crippen molar-refractivity contribution in [3.05, 3.63) is 59.7 Å². The molecule has 7 heteroatoms. The molecule has 0 aliphatic heterocycles. The van der Waals surface area contributed by atoms with Gasteiger partial charge in [0.2, 0.25) is 5.91 Å². The fourth-order valence-electron chi connectivity index (χ4n) is 4.62. The highest BCUT2D eigenvalue weighted by Crippen LogP contribution is 2.44. The monoisotopic (exact) mass is 422 g/mol. The van der Waals surface area contributed by atoms with Crippen LogP contribution in [0.15, 0.2) is 48.5 Å². The Kier molecular flexibility index (Phi) is 5.93. The number of amides is 2. The van der Waals surface area contributed by atoms with E-state index in [0.29, 0.717) is 12.8 Å². The van der Waals surface area contributed by atoms with Crippen molar-refractivity contribution in [1.82, 2.24) is 10.6 Å². The van der Waals surface area contributed by atoms with E-state index in [9.17, 15) is 19.5 Å².